The second-order valence-corrected chi connectivity index (χ2v) is 6.92. The van der Waals surface area contributed by atoms with Crippen LogP contribution in [0.5, 0.6) is 0 Å². The summed E-state index contributed by atoms with van der Waals surface area (Å²) < 4.78 is 2.94. The average molecular weight is 294 g/mol. The van der Waals surface area contributed by atoms with E-state index in [-0.39, 0.29) is 16.4 Å². The van der Waals surface area contributed by atoms with Crippen LogP contribution in [0.4, 0.5) is 0 Å². The van der Waals surface area contributed by atoms with Crippen LogP contribution >= 0.6 is 11.8 Å². The number of fused-ring (bicyclic) bond motifs is 1. The molecule has 2 rings (SSSR count). The van der Waals surface area contributed by atoms with Crippen LogP contribution in [-0.4, -0.2) is 30.4 Å². The third-order valence-corrected chi connectivity index (χ3v) is 3.69. The van der Waals surface area contributed by atoms with E-state index in [1.807, 2.05) is 20.8 Å². The molecule has 0 unspecified atom stereocenters. The minimum atomic E-state index is -0.224. The molecule has 2 aromatic heterocycles. The maximum absolute atomic E-state index is 11.7. The molecule has 0 aliphatic carbocycles. The standard InChI is InChI=1S/C13H18N4O2S/c1-7-14-17(8(2)18)12-10(20-9(3)19)11(13(4,5)6)15-16(7)12/h1-6H3. The van der Waals surface area contributed by atoms with Gasteiger partial charge in [0, 0.05) is 19.3 Å². The van der Waals surface area contributed by atoms with Crippen LogP contribution < -0.4 is 0 Å². The number of nitrogens with zero attached hydrogens (tertiary/aromatic N) is 4. The summed E-state index contributed by atoms with van der Waals surface area (Å²) in [4.78, 5) is 24.0. The zero-order chi connectivity index (χ0) is 15.2. The molecular weight excluding hydrogens is 276 g/mol. The summed E-state index contributed by atoms with van der Waals surface area (Å²) >= 11 is 1.10. The first-order chi connectivity index (χ1) is 9.12. The van der Waals surface area contributed by atoms with E-state index in [2.05, 4.69) is 10.2 Å². The van der Waals surface area contributed by atoms with Gasteiger partial charge in [0.1, 0.15) is 5.82 Å². The van der Waals surface area contributed by atoms with E-state index < -0.39 is 0 Å². The summed E-state index contributed by atoms with van der Waals surface area (Å²) in [5.74, 6) is 0.421. The quantitative estimate of drug-likeness (QED) is 0.756. The van der Waals surface area contributed by atoms with Crippen molar-refractivity contribution >= 4 is 28.4 Å². The van der Waals surface area contributed by atoms with E-state index in [4.69, 9.17) is 0 Å². The van der Waals surface area contributed by atoms with Crippen molar-refractivity contribution in [2.24, 2.45) is 0 Å². The molecule has 20 heavy (non-hydrogen) atoms. The highest BCUT2D eigenvalue weighted by molar-refractivity contribution is 8.13. The van der Waals surface area contributed by atoms with Crippen LogP contribution in [0.3, 0.4) is 0 Å². The van der Waals surface area contributed by atoms with Crippen molar-refractivity contribution in [3.05, 3.63) is 11.5 Å². The van der Waals surface area contributed by atoms with Gasteiger partial charge in [-0.3, -0.25) is 9.59 Å². The van der Waals surface area contributed by atoms with Crippen LogP contribution in [0.2, 0.25) is 0 Å². The lowest BCUT2D eigenvalue weighted by molar-refractivity contribution is -0.109. The number of hydrogen-bond acceptors (Lipinski definition) is 5. The molecular formula is C13H18N4O2S. The zero-order valence-electron chi connectivity index (χ0n) is 12.5. The molecule has 0 spiro atoms. The highest BCUT2D eigenvalue weighted by atomic mass is 32.2. The molecule has 0 aromatic carbocycles. The number of carbonyl (C=O) groups excluding carboxylic acids is 2. The van der Waals surface area contributed by atoms with Gasteiger partial charge in [0.15, 0.2) is 10.8 Å². The number of thioether (sulfide) groups is 1. The number of rotatable bonds is 1. The molecule has 0 radical (unpaired) electrons. The van der Waals surface area contributed by atoms with Crippen molar-refractivity contribution < 1.29 is 9.59 Å². The first kappa shape index (κ1) is 14.8. The Morgan fingerprint density at radius 3 is 2.20 bits per heavy atom. The molecule has 108 valence electrons. The summed E-state index contributed by atoms with van der Waals surface area (Å²) in [6.07, 6.45) is 0. The molecule has 2 aromatic rings. The van der Waals surface area contributed by atoms with Crippen LogP contribution in [0.25, 0.3) is 5.65 Å². The molecule has 0 atom stereocenters. The van der Waals surface area contributed by atoms with Crippen molar-refractivity contribution in [3.63, 3.8) is 0 Å². The maximum Gasteiger partial charge on any atom is 0.245 e. The van der Waals surface area contributed by atoms with Gasteiger partial charge in [0.2, 0.25) is 5.91 Å². The van der Waals surface area contributed by atoms with Gasteiger partial charge in [-0.2, -0.15) is 14.3 Å². The fourth-order valence-electron chi connectivity index (χ4n) is 1.99. The number of hydrogen-bond donors (Lipinski definition) is 0. The summed E-state index contributed by atoms with van der Waals surface area (Å²) in [6, 6.07) is 0. The topological polar surface area (TPSA) is 69.3 Å². The van der Waals surface area contributed by atoms with E-state index in [9.17, 15) is 9.59 Å². The highest BCUT2D eigenvalue weighted by Gasteiger charge is 2.29. The maximum atomic E-state index is 11.7. The normalized spacial score (nSPS) is 12.1. The van der Waals surface area contributed by atoms with Crippen molar-refractivity contribution in [3.8, 4) is 0 Å². The molecule has 7 heteroatoms. The Morgan fingerprint density at radius 1 is 1.15 bits per heavy atom. The SMILES string of the molecule is CC(=O)Sc1c(C(C)(C)C)nn2c(C)nn(C(C)=O)c12. The molecule has 0 aliphatic heterocycles. The van der Waals surface area contributed by atoms with Gasteiger partial charge in [-0.05, 0) is 18.7 Å². The number of aryl methyl sites for hydroxylation is 1. The summed E-state index contributed by atoms with van der Waals surface area (Å²) in [7, 11) is 0. The largest absolute Gasteiger partial charge is 0.287 e. The second kappa shape index (κ2) is 4.73. The van der Waals surface area contributed by atoms with Crippen LogP contribution in [0.15, 0.2) is 4.90 Å². The van der Waals surface area contributed by atoms with Crippen LogP contribution in [0.1, 0.15) is 50.9 Å². The molecule has 0 saturated carbocycles. The Bertz CT molecular complexity index is 706. The Balaban J connectivity index is 2.85. The van der Waals surface area contributed by atoms with E-state index >= 15 is 0 Å². The first-order valence-corrected chi connectivity index (χ1v) is 7.12. The number of carbonyl (C=O) groups is 2. The van der Waals surface area contributed by atoms with Gasteiger partial charge in [-0.25, -0.2) is 0 Å². The lowest BCUT2D eigenvalue weighted by Crippen LogP contribution is -2.14. The minimum absolute atomic E-state index is 0.0423. The van der Waals surface area contributed by atoms with Crippen molar-refractivity contribution in [2.75, 3.05) is 0 Å². The lowest BCUT2D eigenvalue weighted by Gasteiger charge is -2.16. The van der Waals surface area contributed by atoms with Crippen LogP contribution in [-0.2, 0) is 10.2 Å². The average Bonchev–Trinajstić information content (AvgIpc) is 2.77. The third-order valence-electron chi connectivity index (χ3n) is 2.83. The third kappa shape index (κ3) is 2.37. The smallest absolute Gasteiger partial charge is 0.245 e. The Labute approximate surface area is 121 Å². The van der Waals surface area contributed by atoms with Crippen LogP contribution in [0, 0.1) is 6.92 Å². The fourth-order valence-corrected chi connectivity index (χ4v) is 2.98. The van der Waals surface area contributed by atoms with E-state index in [1.54, 1.807) is 11.4 Å². The Hall–Kier alpha value is -1.63. The highest BCUT2D eigenvalue weighted by Crippen LogP contribution is 2.35. The van der Waals surface area contributed by atoms with Crippen molar-refractivity contribution in [1.29, 1.82) is 0 Å². The summed E-state index contributed by atoms with van der Waals surface area (Å²) in [5, 5.41) is 8.69. The first-order valence-electron chi connectivity index (χ1n) is 6.31. The lowest BCUT2D eigenvalue weighted by atomic mass is 9.92. The number of aromatic nitrogens is 4. The molecule has 6 nitrogen and oxygen atoms in total. The molecule has 0 aliphatic rings. The molecule has 0 N–H and O–H groups in total. The van der Waals surface area contributed by atoms with Gasteiger partial charge >= 0.3 is 0 Å². The predicted molar refractivity (Wildman–Crippen MR) is 77.3 cm³/mol. The van der Waals surface area contributed by atoms with Gasteiger partial charge in [-0.1, -0.05) is 20.8 Å². The minimum Gasteiger partial charge on any atom is -0.287 e. The molecule has 0 bridgehead atoms. The molecule has 0 amide bonds. The predicted octanol–water partition coefficient (Wildman–Crippen LogP) is 2.44. The zero-order valence-corrected chi connectivity index (χ0v) is 13.3. The Kier molecular flexibility index (Phi) is 3.49. The molecule has 0 saturated heterocycles. The molecule has 2 heterocycles. The fraction of sp³-hybridized carbons (Fsp3) is 0.538. The Morgan fingerprint density at radius 2 is 1.75 bits per heavy atom. The summed E-state index contributed by atoms with van der Waals surface area (Å²) in [5.41, 5.74) is 1.14. The second-order valence-electron chi connectivity index (χ2n) is 5.73. The van der Waals surface area contributed by atoms with Crippen molar-refractivity contribution in [2.45, 2.75) is 51.9 Å². The summed E-state index contributed by atoms with van der Waals surface area (Å²) in [6.45, 7) is 10.8. The monoisotopic (exact) mass is 294 g/mol. The van der Waals surface area contributed by atoms with Gasteiger partial charge in [-0.15, -0.1) is 5.10 Å². The van der Waals surface area contributed by atoms with E-state index in [0.29, 0.717) is 16.4 Å². The van der Waals surface area contributed by atoms with E-state index in [0.717, 1.165) is 17.5 Å². The molecule has 0 fully saturated rings. The van der Waals surface area contributed by atoms with Crippen molar-refractivity contribution in [1.82, 2.24) is 19.4 Å². The van der Waals surface area contributed by atoms with Gasteiger partial charge in [0.05, 0.1) is 10.6 Å². The van der Waals surface area contributed by atoms with E-state index in [1.165, 1.54) is 18.5 Å². The van der Waals surface area contributed by atoms with Gasteiger partial charge in [0.25, 0.3) is 0 Å². The van der Waals surface area contributed by atoms with Gasteiger partial charge < -0.3 is 0 Å².